The van der Waals surface area contributed by atoms with Gasteiger partial charge in [-0.05, 0) is 42.3 Å². The zero-order valence-electron chi connectivity index (χ0n) is 19.4. The predicted molar refractivity (Wildman–Crippen MR) is 141 cm³/mol. The minimum atomic E-state index is -0.376. The summed E-state index contributed by atoms with van der Waals surface area (Å²) < 4.78 is 14.9. The van der Waals surface area contributed by atoms with E-state index in [1.165, 1.54) is 29.1 Å². The standard InChI is InChI=1S/C28H23Cl2FN2O3/c1-18-2-4-20(5-3-18)15-33-16-22(14-32-36-17-21-8-9-23(29)13-26(21)30)27(34)25(28(33)35)12-19-6-10-24(31)11-7-19/h2-11,13-14,16,34H,12,15,17H2,1H3. The Morgan fingerprint density at radius 3 is 2.42 bits per heavy atom. The molecule has 1 heterocycles. The molecule has 0 radical (unpaired) electrons. The van der Waals surface area contributed by atoms with Gasteiger partial charge in [-0.2, -0.15) is 0 Å². The van der Waals surface area contributed by atoms with E-state index in [0.29, 0.717) is 33.3 Å². The van der Waals surface area contributed by atoms with Crippen molar-refractivity contribution in [3.63, 3.8) is 0 Å². The Morgan fingerprint density at radius 1 is 1.03 bits per heavy atom. The number of halogens is 3. The number of hydrogen-bond acceptors (Lipinski definition) is 4. The van der Waals surface area contributed by atoms with Crippen LogP contribution in [0.5, 0.6) is 5.75 Å². The van der Waals surface area contributed by atoms with E-state index in [0.717, 1.165) is 11.1 Å². The SMILES string of the molecule is Cc1ccc(Cn2cc(C=NOCc3ccc(Cl)cc3Cl)c(O)c(Cc3ccc(F)cc3)c2=O)cc1. The summed E-state index contributed by atoms with van der Waals surface area (Å²) in [4.78, 5) is 18.7. The van der Waals surface area contributed by atoms with E-state index in [1.807, 2.05) is 31.2 Å². The molecule has 1 aromatic heterocycles. The van der Waals surface area contributed by atoms with Crippen LogP contribution in [0.2, 0.25) is 10.0 Å². The zero-order valence-corrected chi connectivity index (χ0v) is 20.9. The second kappa shape index (κ2) is 11.4. The van der Waals surface area contributed by atoms with Crippen LogP contribution in [0.1, 0.15) is 33.4 Å². The molecule has 0 aliphatic carbocycles. The highest BCUT2D eigenvalue weighted by atomic mass is 35.5. The molecule has 0 aliphatic heterocycles. The second-order valence-corrected chi connectivity index (χ2v) is 9.22. The molecule has 0 bridgehead atoms. The highest BCUT2D eigenvalue weighted by Gasteiger charge is 2.16. The molecule has 3 aromatic carbocycles. The van der Waals surface area contributed by atoms with E-state index < -0.39 is 0 Å². The molecule has 5 nitrogen and oxygen atoms in total. The molecule has 0 saturated heterocycles. The Morgan fingerprint density at radius 2 is 1.72 bits per heavy atom. The van der Waals surface area contributed by atoms with Crippen LogP contribution in [0.15, 0.2) is 82.9 Å². The van der Waals surface area contributed by atoms with E-state index in [-0.39, 0.29) is 35.7 Å². The molecule has 0 spiro atoms. The highest BCUT2D eigenvalue weighted by Crippen LogP contribution is 2.23. The Labute approximate surface area is 218 Å². The molecular weight excluding hydrogens is 502 g/mol. The third-order valence-electron chi connectivity index (χ3n) is 5.64. The zero-order chi connectivity index (χ0) is 25.7. The molecule has 36 heavy (non-hydrogen) atoms. The summed E-state index contributed by atoms with van der Waals surface area (Å²) in [6.07, 6.45) is 3.01. The third kappa shape index (κ3) is 6.33. The van der Waals surface area contributed by atoms with Crippen LogP contribution in [0, 0.1) is 12.7 Å². The van der Waals surface area contributed by atoms with Crippen LogP contribution in [0.25, 0.3) is 0 Å². The molecule has 0 saturated carbocycles. The summed E-state index contributed by atoms with van der Waals surface area (Å²) in [5.41, 5.74) is 3.57. The lowest BCUT2D eigenvalue weighted by Crippen LogP contribution is -2.25. The van der Waals surface area contributed by atoms with Crippen molar-refractivity contribution in [2.24, 2.45) is 5.16 Å². The van der Waals surface area contributed by atoms with E-state index in [4.69, 9.17) is 28.0 Å². The van der Waals surface area contributed by atoms with Crippen LogP contribution in [0.4, 0.5) is 4.39 Å². The minimum Gasteiger partial charge on any atom is -0.507 e. The van der Waals surface area contributed by atoms with Gasteiger partial charge in [0.1, 0.15) is 18.2 Å². The highest BCUT2D eigenvalue weighted by molar-refractivity contribution is 6.35. The first-order chi connectivity index (χ1) is 17.3. The molecule has 0 fully saturated rings. The lowest BCUT2D eigenvalue weighted by molar-refractivity contribution is 0.132. The number of aromatic nitrogens is 1. The Bertz CT molecular complexity index is 1450. The van der Waals surface area contributed by atoms with Crippen molar-refractivity contribution >= 4 is 29.4 Å². The fourth-order valence-electron chi connectivity index (χ4n) is 3.64. The van der Waals surface area contributed by atoms with Crippen molar-refractivity contribution in [3.05, 3.63) is 133 Å². The molecular formula is C28H23Cl2FN2O3. The maximum absolute atomic E-state index is 13.4. The lowest BCUT2D eigenvalue weighted by Gasteiger charge is -2.13. The van der Waals surface area contributed by atoms with Crippen molar-refractivity contribution in [3.8, 4) is 5.75 Å². The van der Waals surface area contributed by atoms with Crippen LogP contribution >= 0.6 is 23.2 Å². The molecule has 1 N–H and O–H groups in total. The van der Waals surface area contributed by atoms with E-state index in [1.54, 1.807) is 30.3 Å². The largest absolute Gasteiger partial charge is 0.507 e. The first-order valence-electron chi connectivity index (χ1n) is 11.1. The third-order valence-corrected chi connectivity index (χ3v) is 6.23. The number of hydrogen-bond donors (Lipinski definition) is 1. The number of oxime groups is 1. The molecule has 0 atom stereocenters. The average molecular weight is 525 g/mol. The van der Waals surface area contributed by atoms with E-state index in [2.05, 4.69) is 5.16 Å². The summed E-state index contributed by atoms with van der Waals surface area (Å²) in [5, 5.41) is 15.9. The molecule has 0 unspecified atom stereocenters. The van der Waals surface area contributed by atoms with Gasteiger partial charge in [0.25, 0.3) is 5.56 Å². The lowest BCUT2D eigenvalue weighted by atomic mass is 10.0. The van der Waals surface area contributed by atoms with Crippen LogP contribution in [-0.4, -0.2) is 15.9 Å². The molecule has 0 aliphatic rings. The Balaban J connectivity index is 1.64. The minimum absolute atomic E-state index is 0.0959. The van der Waals surface area contributed by atoms with Crippen molar-refractivity contribution in [1.29, 1.82) is 0 Å². The van der Waals surface area contributed by atoms with Gasteiger partial charge < -0.3 is 14.5 Å². The summed E-state index contributed by atoms with van der Waals surface area (Å²) >= 11 is 12.1. The van der Waals surface area contributed by atoms with Gasteiger partial charge in [-0.15, -0.1) is 0 Å². The van der Waals surface area contributed by atoms with E-state index in [9.17, 15) is 14.3 Å². The first-order valence-corrected chi connectivity index (χ1v) is 11.9. The number of rotatable bonds is 8. The van der Waals surface area contributed by atoms with Gasteiger partial charge in [-0.25, -0.2) is 4.39 Å². The Kier molecular flexibility index (Phi) is 8.08. The maximum atomic E-state index is 13.4. The number of nitrogens with zero attached hydrogens (tertiary/aromatic N) is 2. The summed E-state index contributed by atoms with van der Waals surface area (Å²) in [6, 6.07) is 18.7. The van der Waals surface area contributed by atoms with Gasteiger partial charge in [0, 0.05) is 28.2 Å². The number of aromatic hydroxyl groups is 1. The predicted octanol–water partition coefficient (Wildman–Crippen LogP) is 6.50. The van der Waals surface area contributed by atoms with Crippen molar-refractivity contribution in [1.82, 2.24) is 4.57 Å². The monoisotopic (exact) mass is 524 g/mol. The number of aryl methyl sites for hydroxylation is 1. The first kappa shape index (κ1) is 25.5. The van der Waals surface area contributed by atoms with Gasteiger partial charge in [0.2, 0.25) is 0 Å². The molecule has 0 amide bonds. The normalized spacial score (nSPS) is 11.2. The van der Waals surface area contributed by atoms with Crippen molar-refractivity contribution in [2.75, 3.05) is 0 Å². The summed E-state index contributed by atoms with van der Waals surface area (Å²) in [5.74, 6) is -0.583. The molecule has 4 rings (SSSR count). The van der Waals surface area contributed by atoms with Gasteiger partial charge in [-0.1, -0.05) is 76.4 Å². The van der Waals surface area contributed by atoms with Gasteiger partial charge in [-0.3, -0.25) is 4.79 Å². The fourth-order valence-corrected chi connectivity index (χ4v) is 4.11. The molecule has 8 heteroatoms. The maximum Gasteiger partial charge on any atom is 0.258 e. The van der Waals surface area contributed by atoms with Gasteiger partial charge >= 0.3 is 0 Å². The van der Waals surface area contributed by atoms with Crippen molar-refractivity contribution in [2.45, 2.75) is 26.5 Å². The summed E-state index contributed by atoms with van der Waals surface area (Å²) in [7, 11) is 0. The number of pyridine rings is 1. The van der Waals surface area contributed by atoms with E-state index >= 15 is 0 Å². The molecule has 4 aromatic rings. The van der Waals surface area contributed by atoms with Crippen LogP contribution < -0.4 is 5.56 Å². The quantitative estimate of drug-likeness (QED) is 0.211. The Hall–Kier alpha value is -3.61. The topological polar surface area (TPSA) is 63.8 Å². The van der Waals surface area contributed by atoms with Crippen LogP contribution in [-0.2, 0) is 24.4 Å². The smallest absolute Gasteiger partial charge is 0.258 e. The second-order valence-electron chi connectivity index (χ2n) is 8.38. The fraction of sp³-hybridized carbons (Fsp3) is 0.143. The van der Waals surface area contributed by atoms with Crippen LogP contribution in [0.3, 0.4) is 0 Å². The van der Waals surface area contributed by atoms with Crippen molar-refractivity contribution < 1.29 is 14.3 Å². The number of benzene rings is 3. The summed E-state index contributed by atoms with van der Waals surface area (Å²) in [6.45, 7) is 2.39. The molecule has 184 valence electrons. The van der Waals surface area contributed by atoms with Gasteiger partial charge in [0.15, 0.2) is 0 Å². The van der Waals surface area contributed by atoms with Gasteiger partial charge in [0.05, 0.1) is 23.9 Å². The average Bonchev–Trinajstić information content (AvgIpc) is 2.85.